The predicted octanol–water partition coefficient (Wildman–Crippen LogP) is -1.40. The summed E-state index contributed by atoms with van der Waals surface area (Å²) in [7, 11) is -1.51. The van der Waals surface area contributed by atoms with Crippen molar-refractivity contribution in [2.45, 2.75) is 23.8 Å². The topological polar surface area (TPSA) is 141 Å². The molecule has 12 heteroatoms. The standard InChI is InChI=1S/C13H20N3O8P/c1-21-6-13-7-23-10(11(13)15-25(19,20)22-2)8(5-24-13)16-4-3-9(17)14-12(16)18/h3-4,8,10-11H,5-7H2,1-2H3,(H,14,17,18)(H2,15,19,20)/t8-,10-,11+,13+/m1/s1. The van der Waals surface area contributed by atoms with Crippen molar-refractivity contribution in [3.8, 4) is 0 Å². The summed E-state index contributed by atoms with van der Waals surface area (Å²) in [6.07, 6.45) is 0.676. The van der Waals surface area contributed by atoms with E-state index in [-0.39, 0.29) is 19.8 Å². The largest absolute Gasteiger partial charge is 0.403 e. The Balaban J connectivity index is 1.97. The number of aromatic amines is 1. The molecule has 140 valence electrons. The van der Waals surface area contributed by atoms with Crippen LogP contribution in [0, 0.1) is 0 Å². The van der Waals surface area contributed by atoms with Gasteiger partial charge in [-0.15, -0.1) is 0 Å². The van der Waals surface area contributed by atoms with E-state index >= 15 is 0 Å². The number of hydrogen-bond acceptors (Lipinski definition) is 7. The number of nitrogens with one attached hydrogen (secondary N) is 2. The lowest BCUT2D eigenvalue weighted by molar-refractivity contribution is -0.121. The maximum Gasteiger partial charge on any atom is 0.403 e. The van der Waals surface area contributed by atoms with E-state index in [1.165, 1.54) is 23.9 Å². The number of rotatable bonds is 6. The summed E-state index contributed by atoms with van der Waals surface area (Å²) < 4.78 is 34.8. The summed E-state index contributed by atoms with van der Waals surface area (Å²) in [5.74, 6) is 0. The van der Waals surface area contributed by atoms with Crippen LogP contribution in [0.1, 0.15) is 6.04 Å². The highest BCUT2D eigenvalue weighted by atomic mass is 31.2. The van der Waals surface area contributed by atoms with Crippen molar-refractivity contribution in [3.63, 3.8) is 0 Å². The summed E-state index contributed by atoms with van der Waals surface area (Å²) in [5.41, 5.74) is -2.12. The van der Waals surface area contributed by atoms with Gasteiger partial charge in [-0.05, 0) is 0 Å². The number of nitrogens with zero attached hydrogens (tertiary/aromatic N) is 1. The molecule has 0 saturated carbocycles. The average molecular weight is 377 g/mol. The van der Waals surface area contributed by atoms with Gasteiger partial charge >= 0.3 is 13.4 Å². The number of H-pyrrole nitrogens is 1. The first-order chi connectivity index (χ1) is 11.8. The van der Waals surface area contributed by atoms with E-state index in [1.54, 1.807) is 0 Å². The molecule has 0 radical (unpaired) electrons. The predicted molar refractivity (Wildman–Crippen MR) is 84.4 cm³/mol. The molecule has 25 heavy (non-hydrogen) atoms. The van der Waals surface area contributed by atoms with Crippen molar-refractivity contribution in [3.05, 3.63) is 33.1 Å². The zero-order chi connectivity index (χ0) is 18.2. The molecule has 1 unspecified atom stereocenters. The molecule has 1 aromatic heterocycles. The van der Waals surface area contributed by atoms with Crippen molar-refractivity contribution in [2.75, 3.05) is 34.0 Å². The Morgan fingerprint density at radius 1 is 1.52 bits per heavy atom. The molecular weight excluding hydrogens is 357 g/mol. The van der Waals surface area contributed by atoms with Crippen LogP contribution in [-0.4, -0.2) is 66.2 Å². The minimum Gasteiger partial charge on any atom is -0.382 e. The van der Waals surface area contributed by atoms with Crippen LogP contribution in [0.4, 0.5) is 0 Å². The van der Waals surface area contributed by atoms with Crippen LogP contribution < -0.4 is 16.3 Å². The second kappa shape index (κ2) is 6.76. The molecule has 2 aliphatic rings. The highest BCUT2D eigenvalue weighted by Crippen LogP contribution is 2.45. The molecule has 2 aliphatic heterocycles. The van der Waals surface area contributed by atoms with Gasteiger partial charge in [0, 0.05) is 26.5 Å². The molecule has 0 amide bonds. The second-order valence-corrected chi connectivity index (χ2v) is 7.64. The maximum absolute atomic E-state index is 12.1. The van der Waals surface area contributed by atoms with Crippen LogP contribution in [0.2, 0.25) is 0 Å². The monoisotopic (exact) mass is 377 g/mol. The molecule has 3 rings (SSSR count). The molecule has 2 saturated heterocycles. The van der Waals surface area contributed by atoms with Gasteiger partial charge in [-0.1, -0.05) is 0 Å². The van der Waals surface area contributed by atoms with Crippen molar-refractivity contribution < 1.29 is 28.2 Å². The maximum atomic E-state index is 12.1. The van der Waals surface area contributed by atoms with Crippen LogP contribution in [0.5, 0.6) is 0 Å². The zero-order valence-electron chi connectivity index (χ0n) is 13.7. The van der Waals surface area contributed by atoms with Gasteiger partial charge < -0.3 is 23.6 Å². The molecule has 0 aromatic carbocycles. The SMILES string of the molecule is COC[C@@]12CO[C@H]([C@H](n3ccc(=O)[nH]c3=O)CO1)[C@@H]2NP(=O)(O)OC. The van der Waals surface area contributed by atoms with Gasteiger partial charge in [-0.2, -0.15) is 0 Å². The molecule has 2 bridgehead atoms. The van der Waals surface area contributed by atoms with E-state index in [0.717, 1.165) is 7.11 Å². The summed E-state index contributed by atoms with van der Waals surface area (Å²) in [5, 5.41) is 2.53. The van der Waals surface area contributed by atoms with E-state index in [1.807, 2.05) is 0 Å². The fourth-order valence-electron chi connectivity index (χ4n) is 3.30. The molecule has 3 N–H and O–H groups in total. The van der Waals surface area contributed by atoms with Crippen molar-refractivity contribution in [1.29, 1.82) is 0 Å². The highest BCUT2D eigenvalue weighted by Gasteiger charge is 2.59. The van der Waals surface area contributed by atoms with Crippen LogP contribution in [0.3, 0.4) is 0 Å². The molecule has 0 aliphatic carbocycles. The molecule has 2 fully saturated rings. The van der Waals surface area contributed by atoms with Crippen molar-refractivity contribution in [2.24, 2.45) is 0 Å². The van der Waals surface area contributed by atoms with Crippen LogP contribution in [-0.2, 0) is 23.3 Å². The fourth-order valence-corrected chi connectivity index (χ4v) is 4.14. The Kier molecular flexibility index (Phi) is 5.00. The van der Waals surface area contributed by atoms with Gasteiger partial charge in [0.25, 0.3) is 5.56 Å². The second-order valence-electron chi connectivity index (χ2n) is 5.98. The normalized spacial score (nSPS) is 34.0. The summed E-state index contributed by atoms with van der Waals surface area (Å²) >= 11 is 0. The number of ether oxygens (including phenoxy) is 3. The van der Waals surface area contributed by atoms with Gasteiger partial charge in [0.1, 0.15) is 5.60 Å². The third-order valence-corrected chi connectivity index (χ3v) is 5.58. The van der Waals surface area contributed by atoms with Gasteiger partial charge in [0.2, 0.25) is 0 Å². The Labute approximate surface area is 142 Å². The van der Waals surface area contributed by atoms with E-state index in [4.69, 9.17) is 14.2 Å². The summed E-state index contributed by atoms with van der Waals surface area (Å²) in [6, 6.07) is -0.158. The lowest BCUT2D eigenvalue weighted by atomic mass is 9.88. The molecule has 11 nitrogen and oxygen atoms in total. The van der Waals surface area contributed by atoms with Gasteiger partial charge in [-0.25, -0.2) is 14.4 Å². The first-order valence-electron chi connectivity index (χ1n) is 7.54. The van der Waals surface area contributed by atoms with Gasteiger partial charge in [0.05, 0.1) is 38.0 Å². The van der Waals surface area contributed by atoms with E-state index in [0.29, 0.717) is 0 Å². The Hall–Kier alpha value is -1.33. The highest BCUT2D eigenvalue weighted by molar-refractivity contribution is 7.50. The van der Waals surface area contributed by atoms with Crippen LogP contribution in [0.25, 0.3) is 0 Å². The van der Waals surface area contributed by atoms with Gasteiger partial charge in [-0.3, -0.25) is 14.3 Å². The Morgan fingerprint density at radius 2 is 2.28 bits per heavy atom. The fraction of sp³-hybridized carbons (Fsp3) is 0.692. The minimum absolute atomic E-state index is 0.112. The smallest absolute Gasteiger partial charge is 0.382 e. The van der Waals surface area contributed by atoms with E-state index < -0.39 is 42.8 Å². The summed E-state index contributed by atoms with van der Waals surface area (Å²) in [4.78, 5) is 35.3. The molecule has 0 spiro atoms. The lowest BCUT2D eigenvalue weighted by Gasteiger charge is -2.42. The number of hydrogen-bond donors (Lipinski definition) is 3. The molecular formula is C13H20N3O8P. The quantitative estimate of drug-likeness (QED) is 0.510. The molecule has 3 heterocycles. The third-order valence-electron chi connectivity index (χ3n) is 4.48. The number of fused-ring (bicyclic) bond motifs is 2. The molecule has 1 aromatic rings. The first-order valence-corrected chi connectivity index (χ1v) is 9.12. The lowest BCUT2D eigenvalue weighted by Crippen LogP contribution is -2.62. The third kappa shape index (κ3) is 3.36. The van der Waals surface area contributed by atoms with Crippen molar-refractivity contribution in [1.82, 2.24) is 14.6 Å². The minimum atomic E-state index is -4.09. The first kappa shape index (κ1) is 18.5. The Bertz CT molecular complexity index is 794. The average Bonchev–Trinajstić information content (AvgIpc) is 2.76. The number of aromatic nitrogens is 2. The zero-order valence-corrected chi connectivity index (χ0v) is 14.6. The van der Waals surface area contributed by atoms with E-state index in [9.17, 15) is 19.0 Å². The Morgan fingerprint density at radius 3 is 2.92 bits per heavy atom. The van der Waals surface area contributed by atoms with Crippen LogP contribution in [0.15, 0.2) is 21.9 Å². The molecule has 5 atom stereocenters. The van der Waals surface area contributed by atoms with Crippen molar-refractivity contribution >= 4 is 7.75 Å². The summed E-state index contributed by atoms with van der Waals surface area (Å²) in [6.45, 7) is 0.348. The number of methoxy groups -OCH3 is 1. The van der Waals surface area contributed by atoms with E-state index in [2.05, 4.69) is 14.6 Å². The van der Waals surface area contributed by atoms with Crippen LogP contribution >= 0.6 is 7.75 Å². The van der Waals surface area contributed by atoms with Gasteiger partial charge in [0.15, 0.2) is 0 Å².